The second-order valence-corrected chi connectivity index (χ2v) is 5.39. The van der Waals surface area contributed by atoms with Crippen molar-refractivity contribution in [3.05, 3.63) is 45.0 Å². The summed E-state index contributed by atoms with van der Waals surface area (Å²) in [6, 6.07) is 5.43. The third-order valence-corrected chi connectivity index (χ3v) is 3.79. The first-order chi connectivity index (χ1) is 9.58. The lowest BCUT2D eigenvalue weighted by atomic mass is 10.1. The van der Waals surface area contributed by atoms with Gasteiger partial charge in [0.15, 0.2) is 0 Å². The van der Waals surface area contributed by atoms with Gasteiger partial charge in [0.05, 0.1) is 0 Å². The minimum Gasteiger partial charge on any atom is -0.398 e. The summed E-state index contributed by atoms with van der Waals surface area (Å²) < 4.78 is 1.61. The molecule has 0 saturated heterocycles. The molecule has 0 spiro atoms. The van der Waals surface area contributed by atoms with Crippen LogP contribution in [0.5, 0.6) is 0 Å². The molecular weight excluding hydrogens is 274 g/mol. The maximum Gasteiger partial charge on any atom is 0.307 e. The van der Waals surface area contributed by atoms with E-state index in [1.807, 2.05) is 19.1 Å². The number of hydrogen-bond acceptors (Lipinski definition) is 4. The summed E-state index contributed by atoms with van der Waals surface area (Å²) in [6.45, 7) is 2.43. The van der Waals surface area contributed by atoms with Gasteiger partial charge in [-0.1, -0.05) is 17.4 Å². The molecule has 1 heterocycles. The number of nitrogens with zero attached hydrogens (tertiary/aromatic N) is 1. The Hall–Kier alpha value is -2.08. The summed E-state index contributed by atoms with van der Waals surface area (Å²) in [5.41, 5.74) is 8.06. The number of benzene rings is 1. The molecule has 1 aromatic heterocycles. The average Bonchev–Trinajstić information content (AvgIpc) is 2.81. The number of aromatic nitrogens is 1. The summed E-state index contributed by atoms with van der Waals surface area (Å²) >= 11 is 1.16. The predicted molar refractivity (Wildman–Crippen MR) is 82.0 cm³/mol. The third kappa shape index (κ3) is 3.48. The highest BCUT2D eigenvalue weighted by atomic mass is 32.1. The topological polar surface area (TPSA) is 77.1 Å². The van der Waals surface area contributed by atoms with Crippen LogP contribution in [0.3, 0.4) is 0 Å². The Kier molecular flexibility index (Phi) is 4.57. The highest BCUT2D eigenvalue weighted by Gasteiger charge is 2.06. The molecule has 0 bridgehead atoms. The number of amides is 1. The van der Waals surface area contributed by atoms with E-state index >= 15 is 0 Å². The van der Waals surface area contributed by atoms with Crippen LogP contribution in [0.1, 0.15) is 18.4 Å². The molecule has 0 aliphatic carbocycles. The zero-order valence-electron chi connectivity index (χ0n) is 11.3. The molecule has 0 unspecified atom stereocenters. The summed E-state index contributed by atoms with van der Waals surface area (Å²) in [4.78, 5) is 23.2. The Morgan fingerprint density at radius 1 is 1.45 bits per heavy atom. The molecule has 3 N–H and O–H groups in total. The molecule has 0 aliphatic rings. The number of nitrogens with one attached hydrogen (secondary N) is 1. The van der Waals surface area contributed by atoms with E-state index < -0.39 is 0 Å². The molecule has 0 atom stereocenters. The molecule has 1 aromatic carbocycles. The van der Waals surface area contributed by atoms with Crippen LogP contribution in [-0.2, 0) is 11.3 Å². The molecule has 0 fully saturated rings. The van der Waals surface area contributed by atoms with Crippen molar-refractivity contribution in [2.45, 2.75) is 26.3 Å². The minimum atomic E-state index is -0.0676. The Morgan fingerprint density at radius 3 is 2.95 bits per heavy atom. The Morgan fingerprint density at radius 2 is 2.25 bits per heavy atom. The van der Waals surface area contributed by atoms with Crippen molar-refractivity contribution in [2.24, 2.45) is 0 Å². The van der Waals surface area contributed by atoms with Crippen LogP contribution in [0.2, 0.25) is 0 Å². The van der Waals surface area contributed by atoms with E-state index in [0.717, 1.165) is 22.6 Å². The van der Waals surface area contributed by atoms with E-state index in [9.17, 15) is 9.59 Å². The standard InChI is InChI=1S/C14H17N3O2S/c1-10-11(15)4-2-5-12(10)16-13(18)6-3-7-17-8-9-20-14(17)19/h2,4-5,8-9H,3,6-7,15H2,1H3,(H,16,18). The van der Waals surface area contributed by atoms with Gasteiger partial charge in [0.25, 0.3) is 0 Å². The molecular formula is C14H17N3O2S. The highest BCUT2D eigenvalue weighted by Crippen LogP contribution is 2.20. The van der Waals surface area contributed by atoms with Gasteiger partial charge in [0.1, 0.15) is 0 Å². The van der Waals surface area contributed by atoms with Gasteiger partial charge in [-0.25, -0.2) is 0 Å². The summed E-state index contributed by atoms with van der Waals surface area (Å²) in [6.07, 6.45) is 2.74. The molecule has 1 amide bonds. The molecule has 6 heteroatoms. The Bertz CT molecular complexity index is 660. The van der Waals surface area contributed by atoms with Crippen LogP contribution in [0.25, 0.3) is 0 Å². The van der Waals surface area contributed by atoms with Crippen molar-refractivity contribution >= 4 is 28.6 Å². The van der Waals surface area contributed by atoms with Crippen LogP contribution in [0.15, 0.2) is 34.6 Å². The maximum absolute atomic E-state index is 11.9. The van der Waals surface area contributed by atoms with Gasteiger partial charge in [-0.3, -0.25) is 9.59 Å². The fourth-order valence-electron chi connectivity index (χ4n) is 1.87. The summed E-state index contributed by atoms with van der Waals surface area (Å²) in [5.74, 6) is -0.0676. The second kappa shape index (κ2) is 6.38. The van der Waals surface area contributed by atoms with Gasteiger partial charge in [0, 0.05) is 35.9 Å². The number of carbonyl (C=O) groups is 1. The zero-order chi connectivity index (χ0) is 14.5. The van der Waals surface area contributed by atoms with Crippen LogP contribution in [0.4, 0.5) is 11.4 Å². The number of rotatable bonds is 5. The van der Waals surface area contributed by atoms with E-state index in [2.05, 4.69) is 5.32 Å². The van der Waals surface area contributed by atoms with Gasteiger partial charge in [-0.15, -0.1) is 0 Å². The normalized spacial score (nSPS) is 10.4. The quantitative estimate of drug-likeness (QED) is 0.829. The fourth-order valence-corrected chi connectivity index (χ4v) is 2.48. The lowest BCUT2D eigenvalue weighted by Crippen LogP contribution is -2.16. The monoisotopic (exact) mass is 291 g/mol. The number of thiazole rings is 1. The van der Waals surface area contributed by atoms with E-state index in [0.29, 0.717) is 25.1 Å². The summed E-state index contributed by atoms with van der Waals surface area (Å²) in [5, 5.41) is 4.59. The van der Waals surface area contributed by atoms with Crippen LogP contribution in [0, 0.1) is 6.92 Å². The molecule has 20 heavy (non-hydrogen) atoms. The first kappa shape index (κ1) is 14.3. The van der Waals surface area contributed by atoms with Crippen molar-refractivity contribution in [3.63, 3.8) is 0 Å². The van der Waals surface area contributed by atoms with Crippen LogP contribution in [-0.4, -0.2) is 10.5 Å². The molecule has 0 aliphatic heterocycles. The van der Waals surface area contributed by atoms with Crippen LogP contribution < -0.4 is 15.9 Å². The number of carbonyl (C=O) groups excluding carboxylic acids is 1. The SMILES string of the molecule is Cc1c(N)cccc1NC(=O)CCCn1ccsc1=O. The maximum atomic E-state index is 11.9. The minimum absolute atomic E-state index is 0.0112. The third-order valence-electron chi connectivity index (χ3n) is 3.10. The van der Waals surface area contributed by atoms with Gasteiger partial charge in [0.2, 0.25) is 5.91 Å². The Labute approximate surface area is 121 Å². The predicted octanol–water partition coefficient (Wildman–Crippen LogP) is 2.22. The van der Waals surface area contributed by atoms with E-state index in [4.69, 9.17) is 5.73 Å². The van der Waals surface area contributed by atoms with Crippen molar-refractivity contribution in [1.82, 2.24) is 4.57 Å². The van der Waals surface area contributed by atoms with Crippen molar-refractivity contribution in [1.29, 1.82) is 0 Å². The van der Waals surface area contributed by atoms with Gasteiger partial charge >= 0.3 is 4.87 Å². The van der Waals surface area contributed by atoms with E-state index in [1.54, 1.807) is 22.2 Å². The van der Waals surface area contributed by atoms with Crippen molar-refractivity contribution in [2.75, 3.05) is 11.1 Å². The molecule has 5 nitrogen and oxygen atoms in total. The molecule has 0 saturated carbocycles. The number of anilines is 2. The zero-order valence-corrected chi connectivity index (χ0v) is 12.1. The average molecular weight is 291 g/mol. The van der Waals surface area contributed by atoms with Gasteiger partial charge in [-0.05, 0) is 31.0 Å². The number of nitrogen functional groups attached to an aromatic ring is 1. The van der Waals surface area contributed by atoms with E-state index in [1.165, 1.54) is 0 Å². The fraction of sp³-hybridized carbons (Fsp3) is 0.286. The molecule has 0 radical (unpaired) electrons. The van der Waals surface area contributed by atoms with Crippen molar-refractivity contribution < 1.29 is 4.79 Å². The Balaban J connectivity index is 1.85. The largest absolute Gasteiger partial charge is 0.398 e. The summed E-state index contributed by atoms with van der Waals surface area (Å²) in [7, 11) is 0. The van der Waals surface area contributed by atoms with Crippen LogP contribution >= 0.6 is 11.3 Å². The first-order valence-corrected chi connectivity index (χ1v) is 7.25. The van der Waals surface area contributed by atoms with E-state index in [-0.39, 0.29) is 10.8 Å². The molecule has 2 aromatic rings. The number of hydrogen-bond donors (Lipinski definition) is 2. The molecule has 2 rings (SSSR count). The number of nitrogens with two attached hydrogens (primary N) is 1. The lowest BCUT2D eigenvalue weighted by Gasteiger charge is -2.10. The first-order valence-electron chi connectivity index (χ1n) is 6.37. The smallest absolute Gasteiger partial charge is 0.307 e. The van der Waals surface area contributed by atoms with Gasteiger partial charge < -0.3 is 15.6 Å². The molecule has 106 valence electrons. The highest BCUT2D eigenvalue weighted by molar-refractivity contribution is 7.07. The van der Waals surface area contributed by atoms with Gasteiger partial charge in [-0.2, -0.15) is 0 Å². The van der Waals surface area contributed by atoms with Crippen molar-refractivity contribution in [3.8, 4) is 0 Å². The number of aryl methyl sites for hydroxylation is 1. The second-order valence-electron chi connectivity index (χ2n) is 4.53. The lowest BCUT2D eigenvalue weighted by molar-refractivity contribution is -0.116.